The van der Waals surface area contributed by atoms with E-state index in [-0.39, 0.29) is 15.3 Å². The number of carbonyl (C=O) groups is 1. The van der Waals surface area contributed by atoms with Crippen LogP contribution in [0.4, 0.5) is 0 Å². The minimum Gasteiger partial charge on any atom is -0.478 e. The van der Waals surface area contributed by atoms with Crippen LogP contribution in [-0.2, 0) is 10.0 Å². The van der Waals surface area contributed by atoms with Crippen LogP contribution in [-0.4, -0.2) is 24.5 Å². The molecule has 0 aliphatic rings. The first kappa shape index (κ1) is 16.8. The molecule has 0 spiro atoms. The predicted octanol–water partition coefficient (Wildman–Crippen LogP) is 3.19. The van der Waals surface area contributed by atoms with E-state index in [1.807, 2.05) is 12.3 Å². The van der Waals surface area contributed by atoms with Crippen molar-refractivity contribution in [2.75, 3.05) is 0 Å². The van der Waals surface area contributed by atoms with Crippen LogP contribution in [0.25, 0.3) is 21.7 Å². The van der Waals surface area contributed by atoms with Crippen LogP contribution in [0.2, 0.25) is 0 Å². The molecule has 0 saturated heterocycles. The number of nitrogens with zero attached hydrogens (tertiary/aromatic N) is 1. The van der Waals surface area contributed by atoms with Crippen LogP contribution in [0, 0.1) is 6.92 Å². The molecule has 9 heteroatoms. The average Bonchev–Trinajstić information content (AvgIpc) is 3.12. The highest BCUT2D eigenvalue weighted by Gasteiger charge is 2.24. The zero-order valence-electron chi connectivity index (χ0n) is 12.4. The van der Waals surface area contributed by atoms with E-state index in [0.717, 1.165) is 16.3 Å². The number of nitrogens with two attached hydrogens (primary N) is 1. The van der Waals surface area contributed by atoms with Crippen molar-refractivity contribution in [2.45, 2.75) is 11.1 Å². The third-order valence-corrected chi connectivity index (χ3v) is 6.68. The zero-order valence-corrected chi connectivity index (χ0v) is 14.8. The standard InChI is InChI=1S/C15H12N2O4S3/c1-8-17-12(7-22-8)13-6-11(15(23-13)24(16,20)21)9-4-2-3-5-10(9)14(18)19/h2-7H,1H3,(H,18,19)(H2,16,20,21). The Morgan fingerprint density at radius 2 is 1.96 bits per heavy atom. The van der Waals surface area contributed by atoms with Crippen LogP contribution < -0.4 is 5.14 Å². The Labute approximate surface area is 146 Å². The topological polar surface area (TPSA) is 110 Å². The van der Waals surface area contributed by atoms with E-state index in [9.17, 15) is 18.3 Å². The predicted molar refractivity (Wildman–Crippen MR) is 93.9 cm³/mol. The van der Waals surface area contributed by atoms with Crippen molar-refractivity contribution >= 4 is 38.7 Å². The van der Waals surface area contributed by atoms with Crippen LogP contribution >= 0.6 is 22.7 Å². The van der Waals surface area contributed by atoms with Crippen molar-refractivity contribution < 1.29 is 18.3 Å². The molecule has 3 rings (SSSR count). The number of thiophene rings is 1. The van der Waals surface area contributed by atoms with Gasteiger partial charge in [0, 0.05) is 10.9 Å². The Morgan fingerprint density at radius 3 is 2.54 bits per heavy atom. The van der Waals surface area contributed by atoms with Gasteiger partial charge in [-0.3, -0.25) is 0 Å². The van der Waals surface area contributed by atoms with Crippen molar-refractivity contribution in [3.8, 4) is 21.7 Å². The van der Waals surface area contributed by atoms with Crippen LogP contribution in [0.3, 0.4) is 0 Å². The molecule has 1 aromatic carbocycles. The van der Waals surface area contributed by atoms with Crippen molar-refractivity contribution in [1.29, 1.82) is 0 Å². The van der Waals surface area contributed by atoms with Gasteiger partial charge in [0.2, 0.25) is 10.0 Å². The molecule has 0 fully saturated rings. The number of hydrogen-bond donors (Lipinski definition) is 2. The number of sulfonamides is 1. The average molecular weight is 380 g/mol. The zero-order chi connectivity index (χ0) is 17.5. The van der Waals surface area contributed by atoms with Crippen molar-refractivity contribution in [3.05, 3.63) is 46.3 Å². The number of hydrogen-bond acceptors (Lipinski definition) is 6. The Balaban J connectivity index is 2.28. The summed E-state index contributed by atoms with van der Waals surface area (Å²) in [5.41, 5.74) is 1.25. The molecule has 124 valence electrons. The fourth-order valence-corrected chi connectivity index (χ4v) is 5.04. The maximum atomic E-state index is 12.0. The van der Waals surface area contributed by atoms with Gasteiger partial charge < -0.3 is 5.11 Å². The number of carboxylic acid groups (broad SMARTS) is 1. The van der Waals surface area contributed by atoms with E-state index in [4.69, 9.17) is 5.14 Å². The largest absolute Gasteiger partial charge is 0.478 e. The Kier molecular flexibility index (Phi) is 4.26. The maximum Gasteiger partial charge on any atom is 0.336 e. The number of aromatic nitrogens is 1. The molecule has 0 radical (unpaired) electrons. The van der Waals surface area contributed by atoms with Gasteiger partial charge in [0.15, 0.2) is 0 Å². The number of carboxylic acids is 1. The van der Waals surface area contributed by atoms with E-state index in [1.54, 1.807) is 24.3 Å². The molecule has 0 amide bonds. The molecule has 0 aliphatic carbocycles. The molecular weight excluding hydrogens is 368 g/mol. The van der Waals surface area contributed by atoms with Crippen LogP contribution in [0.1, 0.15) is 15.4 Å². The second-order valence-corrected chi connectivity index (χ2v) is 8.83. The number of aryl methyl sites for hydroxylation is 1. The molecule has 3 aromatic rings. The van der Waals surface area contributed by atoms with Gasteiger partial charge in [-0.25, -0.2) is 23.3 Å². The highest BCUT2D eigenvalue weighted by atomic mass is 32.2. The monoisotopic (exact) mass is 380 g/mol. The maximum absolute atomic E-state index is 12.0. The molecule has 24 heavy (non-hydrogen) atoms. The van der Waals surface area contributed by atoms with E-state index in [1.165, 1.54) is 17.4 Å². The summed E-state index contributed by atoms with van der Waals surface area (Å²) in [6.45, 7) is 1.85. The summed E-state index contributed by atoms with van der Waals surface area (Å²) < 4.78 is 23.9. The van der Waals surface area contributed by atoms with E-state index in [2.05, 4.69) is 4.98 Å². The lowest BCUT2D eigenvalue weighted by atomic mass is 10.0. The number of aromatic carboxylic acids is 1. The Morgan fingerprint density at radius 1 is 1.25 bits per heavy atom. The SMILES string of the molecule is Cc1nc(-c2cc(-c3ccccc3C(=O)O)c(S(N)(=O)=O)s2)cs1. The van der Waals surface area contributed by atoms with Crippen molar-refractivity contribution in [2.24, 2.45) is 5.14 Å². The third kappa shape index (κ3) is 3.11. The summed E-state index contributed by atoms with van der Waals surface area (Å²) in [6, 6.07) is 7.85. The first-order valence-corrected chi connectivity index (χ1v) is 9.93. The molecule has 3 N–H and O–H groups in total. The molecule has 0 aliphatic heterocycles. The summed E-state index contributed by atoms with van der Waals surface area (Å²) in [5, 5.41) is 17.4. The summed E-state index contributed by atoms with van der Waals surface area (Å²) in [4.78, 5) is 16.4. The molecule has 2 aromatic heterocycles. The van der Waals surface area contributed by atoms with Crippen molar-refractivity contribution in [3.63, 3.8) is 0 Å². The first-order chi connectivity index (χ1) is 11.3. The van der Waals surface area contributed by atoms with E-state index < -0.39 is 16.0 Å². The minimum absolute atomic E-state index is 0.0150. The lowest BCUT2D eigenvalue weighted by molar-refractivity contribution is 0.0697. The summed E-state index contributed by atoms with van der Waals surface area (Å²) in [6.07, 6.45) is 0. The summed E-state index contributed by atoms with van der Waals surface area (Å²) in [7, 11) is -4.00. The Bertz CT molecular complexity index is 1030. The third-order valence-electron chi connectivity index (χ3n) is 3.28. The van der Waals surface area contributed by atoms with E-state index in [0.29, 0.717) is 16.1 Å². The molecule has 0 bridgehead atoms. The van der Waals surface area contributed by atoms with Gasteiger partial charge in [0.05, 0.1) is 21.1 Å². The van der Waals surface area contributed by atoms with Crippen molar-refractivity contribution in [1.82, 2.24) is 4.98 Å². The van der Waals surface area contributed by atoms with Gasteiger partial charge in [-0.1, -0.05) is 18.2 Å². The highest BCUT2D eigenvalue weighted by Crippen LogP contribution is 2.40. The molecule has 0 atom stereocenters. The van der Waals surface area contributed by atoms with Gasteiger partial charge in [-0.2, -0.15) is 0 Å². The fourth-order valence-electron chi connectivity index (χ4n) is 2.28. The molecule has 0 unspecified atom stereocenters. The lowest BCUT2D eigenvalue weighted by Crippen LogP contribution is -2.11. The smallest absolute Gasteiger partial charge is 0.336 e. The first-order valence-electron chi connectivity index (χ1n) is 6.69. The normalized spacial score (nSPS) is 11.6. The summed E-state index contributed by atoms with van der Waals surface area (Å²) >= 11 is 2.43. The number of thiazole rings is 1. The molecular formula is C15H12N2O4S3. The van der Waals surface area contributed by atoms with Gasteiger partial charge in [0.1, 0.15) is 4.21 Å². The summed E-state index contributed by atoms with van der Waals surface area (Å²) in [5.74, 6) is -1.14. The lowest BCUT2D eigenvalue weighted by Gasteiger charge is -2.05. The van der Waals surface area contributed by atoms with Crippen LogP contribution in [0.15, 0.2) is 39.9 Å². The quantitative estimate of drug-likeness (QED) is 0.722. The number of benzene rings is 1. The van der Waals surface area contributed by atoms with Gasteiger partial charge in [-0.05, 0) is 24.6 Å². The van der Waals surface area contributed by atoms with Crippen LogP contribution in [0.5, 0.6) is 0 Å². The van der Waals surface area contributed by atoms with E-state index >= 15 is 0 Å². The minimum atomic E-state index is -4.00. The molecule has 6 nitrogen and oxygen atoms in total. The van der Waals surface area contributed by atoms with Gasteiger partial charge in [0.25, 0.3) is 0 Å². The van der Waals surface area contributed by atoms with Gasteiger partial charge >= 0.3 is 5.97 Å². The fraction of sp³-hybridized carbons (Fsp3) is 0.0667. The van der Waals surface area contributed by atoms with Gasteiger partial charge in [-0.15, -0.1) is 22.7 Å². The number of primary sulfonamides is 1. The Hall–Kier alpha value is -2.07. The molecule has 0 saturated carbocycles. The highest BCUT2D eigenvalue weighted by molar-refractivity contribution is 7.91. The second kappa shape index (κ2) is 6.10. The molecule has 2 heterocycles. The number of rotatable bonds is 4. The second-order valence-electron chi connectivity index (χ2n) is 4.96.